The highest BCUT2D eigenvalue weighted by Crippen LogP contribution is 2.54. The minimum atomic E-state index is -0.199. The van der Waals surface area contributed by atoms with Crippen LogP contribution in [0.4, 0.5) is 5.00 Å². The molecule has 8 heteroatoms. The standard InChI is InChI=1S/C21H17N5O2S/c27-19(14-4-2-1-3-5-14)25-18-7-6-17(29-18)20(28)24-16-8-9-21(11-15(21)10-16)26-13-22-12-23-26/h1-10,12-13,15H,11H2,(H,24,28)(H,25,27). The fourth-order valence-electron chi connectivity index (χ4n) is 3.53. The summed E-state index contributed by atoms with van der Waals surface area (Å²) in [6.07, 6.45) is 10.2. The molecule has 0 saturated heterocycles. The van der Waals surface area contributed by atoms with Crippen LogP contribution in [-0.4, -0.2) is 26.6 Å². The molecular formula is C21H17N5O2S. The molecule has 2 unspecified atom stereocenters. The van der Waals surface area contributed by atoms with E-state index in [-0.39, 0.29) is 17.4 Å². The third-order valence-corrected chi connectivity index (χ3v) is 6.17. The minimum Gasteiger partial charge on any atom is -0.322 e. The first-order chi connectivity index (χ1) is 14.1. The summed E-state index contributed by atoms with van der Waals surface area (Å²) in [5, 5.41) is 10.6. The molecule has 2 amide bonds. The van der Waals surface area contributed by atoms with Crippen molar-refractivity contribution in [1.29, 1.82) is 0 Å². The zero-order valence-corrected chi connectivity index (χ0v) is 16.1. The topological polar surface area (TPSA) is 88.9 Å². The SMILES string of the molecule is O=C(Nc1ccc(C(=O)NC2=CC3CC3(n3cncn3)C=C2)s1)c1ccccc1. The first-order valence-electron chi connectivity index (χ1n) is 9.18. The van der Waals surface area contributed by atoms with E-state index in [2.05, 4.69) is 32.9 Å². The molecule has 1 aromatic carbocycles. The van der Waals surface area contributed by atoms with Crippen LogP contribution in [0.5, 0.6) is 0 Å². The second-order valence-electron chi connectivity index (χ2n) is 7.04. The van der Waals surface area contributed by atoms with Gasteiger partial charge in [0.05, 0.1) is 15.4 Å². The van der Waals surface area contributed by atoms with Crippen LogP contribution in [0.2, 0.25) is 0 Å². The molecule has 2 N–H and O–H groups in total. The number of carbonyl (C=O) groups is 2. The van der Waals surface area contributed by atoms with Gasteiger partial charge in [0.2, 0.25) is 0 Å². The van der Waals surface area contributed by atoms with Crippen LogP contribution in [0.25, 0.3) is 0 Å². The van der Waals surface area contributed by atoms with Crippen LogP contribution in [0.1, 0.15) is 26.5 Å². The van der Waals surface area contributed by atoms with Crippen LogP contribution in [0, 0.1) is 5.92 Å². The molecule has 0 aliphatic heterocycles. The predicted molar refractivity (Wildman–Crippen MR) is 110 cm³/mol. The summed E-state index contributed by atoms with van der Waals surface area (Å²) in [6.45, 7) is 0. The molecule has 1 saturated carbocycles. The van der Waals surface area contributed by atoms with Crippen molar-refractivity contribution in [2.75, 3.05) is 5.32 Å². The van der Waals surface area contributed by atoms with Gasteiger partial charge in [-0.2, -0.15) is 5.10 Å². The maximum atomic E-state index is 12.6. The van der Waals surface area contributed by atoms with Crippen molar-refractivity contribution in [3.05, 3.63) is 89.5 Å². The monoisotopic (exact) mass is 403 g/mol. The second-order valence-corrected chi connectivity index (χ2v) is 8.12. The number of rotatable bonds is 5. The zero-order chi connectivity index (χ0) is 19.8. The Hall–Kier alpha value is -3.52. The highest BCUT2D eigenvalue weighted by Gasteiger charge is 2.55. The third kappa shape index (κ3) is 3.27. The number of hydrogen-bond donors (Lipinski definition) is 2. The molecule has 2 aliphatic rings. The molecule has 0 spiro atoms. The predicted octanol–water partition coefficient (Wildman–Crippen LogP) is 3.19. The number of carbonyl (C=O) groups excluding carboxylic acids is 2. The fraction of sp³-hybridized carbons (Fsp3) is 0.143. The minimum absolute atomic E-state index is 0.136. The first kappa shape index (κ1) is 17.6. The fourth-order valence-corrected chi connectivity index (χ4v) is 4.33. The van der Waals surface area contributed by atoms with Gasteiger partial charge in [0.15, 0.2) is 0 Å². The van der Waals surface area contributed by atoms with Gasteiger partial charge in [0, 0.05) is 17.2 Å². The van der Waals surface area contributed by atoms with Crippen molar-refractivity contribution in [2.45, 2.75) is 12.0 Å². The van der Waals surface area contributed by atoms with E-state index in [4.69, 9.17) is 0 Å². The van der Waals surface area contributed by atoms with E-state index in [0.29, 0.717) is 21.4 Å². The average Bonchev–Trinajstić information content (AvgIpc) is 3.10. The number of anilines is 1. The lowest BCUT2D eigenvalue weighted by Gasteiger charge is -2.16. The maximum Gasteiger partial charge on any atom is 0.265 e. The van der Waals surface area contributed by atoms with E-state index in [1.807, 2.05) is 29.0 Å². The van der Waals surface area contributed by atoms with E-state index in [1.54, 1.807) is 30.6 Å². The Morgan fingerprint density at radius 3 is 2.72 bits per heavy atom. The van der Waals surface area contributed by atoms with Crippen molar-refractivity contribution in [1.82, 2.24) is 20.1 Å². The molecule has 0 bridgehead atoms. The summed E-state index contributed by atoms with van der Waals surface area (Å²) in [5.74, 6) is -0.0934. The van der Waals surface area contributed by atoms with Crippen LogP contribution in [0.3, 0.4) is 0 Å². The van der Waals surface area contributed by atoms with E-state index in [1.165, 1.54) is 17.7 Å². The van der Waals surface area contributed by atoms with E-state index >= 15 is 0 Å². The molecule has 2 heterocycles. The summed E-state index contributed by atoms with van der Waals surface area (Å²) >= 11 is 1.24. The molecule has 5 rings (SSSR count). The van der Waals surface area contributed by atoms with Crippen molar-refractivity contribution in [3.8, 4) is 0 Å². The Kier molecular flexibility index (Phi) is 4.13. The molecule has 29 heavy (non-hydrogen) atoms. The summed E-state index contributed by atoms with van der Waals surface area (Å²) in [7, 11) is 0. The summed E-state index contributed by atoms with van der Waals surface area (Å²) in [4.78, 5) is 29.4. The summed E-state index contributed by atoms with van der Waals surface area (Å²) in [6, 6.07) is 12.4. The van der Waals surface area contributed by atoms with Crippen molar-refractivity contribution < 1.29 is 9.59 Å². The van der Waals surface area contributed by atoms with Gasteiger partial charge in [-0.3, -0.25) is 9.59 Å². The van der Waals surface area contributed by atoms with Gasteiger partial charge < -0.3 is 10.6 Å². The smallest absolute Gasteiger partial charge is 0.265 e. The number of amides is 2. The summed E-state index contributed by atoms with van der Waals surface area (Å²) in [5.41, 5.74) is 1.21. The third-order valence-electron chi connectivity index (χ3n) is 5.17. The molecule has 144 valence electrons. The number of nitrogens with one attached hydrogen (secondary N) is 2. The molecular weight excluding hydrogens is 386 g/mol. The van der Waals surface area contributed by atoms with Gasteiger partial charge in [-0.15, -0.1) is 11.3 Å². The molecule has 3 aromatic rings. The lowest BCUT2D eigenvalue weighted by Crippen LogP contribution is -2.25. The number of thiophene rings is 1. The van der Waals surface area contributed by atoms with Gasteiger partial charge in [-0.25, -0.2) is 9.67 Å². The Labute approximate surface area is 170 Å². The number of benzene rings is 1. The van der Waals surface area contributed by atoms with Crippen molar-refractivity contribution in [3.63, 3.8) is 0 Å². The van der Waals surface area contributed by atoms with Crippen molar-refractivity contribution in [2.24, 2.45) is 5.92 Å². The van der Waals surface area contributed by atoms with E-state index in [9.17, 15) is 9.59 Å². The zero-order valence-electron chi connectivity index (χ0n) is 15.3. The van der Waals surface area contributed by atoms with Gasteiger partial charge in [-0.05, 0) is 36.8 Å². The lowest BCUT2D eigenvalue weighted by atomic mass is 10.1. The number of fused-ring (bicyclic) bond motifs is 1. The maximum absolute atomic E-state index is 12.6. The van der Waals surface area contributed by atoms with E-state index in [0.717, 1.165) is 12.1 Å². The number of aromatic nitrogens is 3. The Morgan fingerprint density at radius 2 is 1.97 bits per heavy atom. The Balaban J connectivity index is 1.22. The van der Waals surface area contributed by atoms with Crippen LogP contribution >= 0.6 is 11.3 Å². The second kappa shape index (κ2) is 6.82. The first-order valence-corrected chi connectivity index (χ1v) is 9.99. The lowest BCUT2D eigenvalue weighted by molar-refractivity contribution is 0.0969. The highest BCUT2D eigenvalue weighted by molar-refractivity contribution is 7.18. The van der Waals surface area contributed by atoms with Crippen LogP contribution < -0.4 is 10.6 Å². The number of allylic oxidation sites excluding steroid dienone is 3. The van der Waals surface area contributed by atoms with Gasteiger partial charge in [-0.1, -0.05) is 30.4 Å². The molecule has 0 radical (unpaired) electrons. The van der Waals surface area contributed by atoms with E-state index < -0.39 is 0 Å². The normalized spacial score (nSPS) is 21.8. The van der Waals surface area contributed by atoms with Crippen molar-refractivity contribution >= 4 is 28.2 Å². The van der Waals surface area contributed by atoms with Gasteiger partial charge in [0.25, 0.3) is 11.8 Å². The van der Waals surface area contributed by atoms with Gasteiger partial charge >= 0.3 is 0 Å². The van der Waals surface area contributed by atoms with Crippen LogP contribution in [-0.2, 0) is 5.54 Å². The average molecular weight is 403 g/mol. The molecule has 1 fully saturated rings. The largest absolute Gasteiger partial charge is 0.322 e. The molecule has 2 aromatic heterocycles. The van der Waals surface area contributed by atoms with Crippen LogP contribution in [0.15, 0.2) is 79.0 Å². The summed E-state index contributed by atoms with van der Waals surface area (Å²) < 4.78 is 1.87. The van der Waals surface area contributed by atoms with Gasteiger partial charge in [0.1, 0.15) is 12.7 Å². The quantitative estimate of drug-likeness (QED) is 0.685. The molecule has 7 nitrogen and oxygen atoms in total. The highest BCUT2D eigenvalue weighted by atomic mass is 32.1. The number of nitrogens with zero attached hydrogens (tertiary/aromatic N) is 3. The number of hydrogen-bond acceptors (Lipinski definition) is 5. The Morgan fingerprint density at radius 1 is 1.10 bits per heavy atom. The molecule has 2 aliphatic carbocycles. The molecule has 2 atom stereocenters. The Bertz CT molecular complexity index is 1130.